The maximum absolute atomic E-state index is 4.94. The molecule has 0 fully saturated rings. The van der Waals surface area contributed by atoms with Gasteiger partial charge in [-0.05, 0) is 37.8 Å². The van der Waals surface area contributed by atoms with E-state index in [9.17, 15) is 0 Å². The van der Waals surface area contributed by atoms with Gasteiger partial charge in [0, 0.05) is 16.1 Å². The quantitative estimate of drug-likeness (QED) is 0.410. The van der Waals surface area contributed by atoms with Crippen LogP contribution in [0.3, 0.4) is 0 Å². The van der Waals surface area contributed by atoms with Crippen LogP contribution in [0.1, 0.15) is 22.6 Å². The molecular formula is C23H17N7S. The molecule has 0 atom stereocenters. The highest BCUT2D eigenvalue weighted by Crippen LogP contribution is 2.38. The van der Waals surface area contributed by atoms with Crippen LogP contribution in [0.2, 0.25) is 0 Å². The van der Waals surface area contributed by atoms with Crippen LogP contribution in [0, 0.1) is 6.92 Å². The van der Waals surface area contributed by atoms with Crippen molar-refractivity contribution in [2.24, 2.45) is 0 Å². The number of hydrogen-bond acceptors (Lipinski definition) is 6. The fraction of sp³-hybridized carbons (Fsp3) is 0.174. The fourth-order valence-corrected chi connectivity index (χ4v) is 5.76. The second kappa shape index (κ2) is 6.18. The number of fused-ring (bicyclic) bond motifs is 6. The van der Waals surface area contributed by atoms with E-state index >= 15 is 0 Å². The largest absolute Gasteiger partial charge is 0.228 e. The first-order chi connectivity index (χ1) is 15.3. The van der Waals surface area contributed by atoms with Crippen LogP contribution in [0.15, 0.2) is 48.9 Å². The second-order valence-electron chi connectivity index (χ2n) is 7.93. The highest BCUT2D eigenvalue weighted by Gasteiger charge is 2.23. The maximum Gasteiger partial charge on any atom is 0.187 e. The number of hydrogen-bond donors (Lipinski definition) is 0. The molecule has 0 radical (unpaired) electrons. The summed E-state index contributed by atoms with van der Waals surface area (Å²) in [5.74, 6) is 0.624. The molecule has 1 aromatic carbocycles. The Morgan fingerprint density at radius 2 is 1.94 bits per heavy atom. The van der Waals surface area contributed by atoms with Crippen LogP contribution in [0.4, 0.5) is 0 Å². The van der Waals surface area contributed by atoms with Crippen LogP contribution in [-0.2, 0) is 12.8 Å². The predicted molar refractivity (Wildman–Crippen MR) is 120 cm³/mol. The van der Waals surface area contributed by atoms with Crippen molar-refractivity contribution >= 4 is 32.8 Å². The summed E-state index contributed by atoms with van der Waals surface area (Å²) in [6.07, 6.45) is 7.01. The van der Waals surface area contributed by atoms with Gasteiger partial charge in [-0.2, -0.15) is 5.10 Å². The molecule has 1 aliphatic carbocycles. The van der Waals surface area contributed by atoms with Crippen molar-refractivity contribution in [3.05, 3.63) is 65.1 Å². The molecule has 8 heteroatoms. The van der Waals surface area contributed by atoms with Gasteiger partial charge in [0.2, 0.25) is 0 Å². The molecule has 1 aliphatic rings. The van der Waals surface area contributed by atoms with Gasteiger partial charge in [-0.15, -0.1) is 16.4 Å². The zero-order valence-electron chi connectivity index (χ0n) is 16.8. The summed E-state index contributed by atoms with van der Waals surface area (Å²) in [5, 5.41) is 10.5. The summed E-state index contributed by atoms with van der Waals surface area (Å²) in [4.78, 5) is 17.0. The number of benzene rings is 1. The lowest BCUT2D eigenvalue weighted by molar-refractivity contribution is 0.896. The van der Waals surface area contributed by atoms with Gasteiger partial charge < -0.3 is 0 Å². The van der Waals surface area contributed by atoms with Crippen molar-refractivity contribution in [1.29, 1.82) is 0 Å². The van der Waals surface area contributed by atoms with Crippen LogP contribution in [0.5, 0.6) is 0 Å². The monoisotopic (exact) mass is 423 g/mol. The molecular weight excluding hydrogens is 406 g/mol. The summed E-state index contributed by atoms with van der Waals surface area (Å²) in [5.41, 5.74) is 6.85. The SMILES string of the molecule is Cc1cc(-c2ccccc2)nc2c(-c3nc4c5c6c(sc5ncn4n3)CCC6)cnn12. The van der Waals surface area contributed by atoms with Gasteiger partial charge in [0.1, 0.15) is 11.2 Å². The normalized spacial score (nSPS) is 13.6. The maximum atomic E-state index is 4.94. The van der Waals surface area contributed by atoms with Crippen molar-refractivity contribution < 1.29 is 0 Å². The molecule has 0 N–H and O–H groups in total. The first-order valence-corrected chi connectivity index (χ1v) is 11.1. The highest BCUT2D eigenvalue weighted by atomic mass is 32.1. The smallest absolute Gasteiger partial charge is 0.187 e. The third kappa shape index (κ3) is 2.42. The van der Waals surface area contributed by atoms with Gasteiger partial charge in [0.25, 0.3) is 0 Å². The Morgan fingerprint density at radius 1 is 1.03 bits per heavy atom. The van der Waals surface area contributed by atoms with E-state index in [1.54, 1.807) is 22.2 Å². The molecule has 5 aromatic heterocycles. The van der Waals surface area contributed by atoms with Crippen LogP contribution >= 0.6 is 11.3 Å². The Labute approximate surface area is 181 Å². The van der Waals surface area contributed by atoms with Gasteiger partial charge in [-0.3, -0.25) is 0 Å². The van der Waals surface area contributed by atoms with E-state index in [0.717, 1.165) is 56.9 Å². The number of rotatable bonds is 2. The molecule has 6 aromatic rings. The standard InChI is InChI=1S/C23H17N7S/c1-13-10-17(14-6-3-2-4-7-14)26-21-16(11-25-30(13)21)20-27-22-19-15-8-5-9-18(15)31-23(19)24-12-29(22)28-20/h2-4,6-7,10-12H,5,8-9H2,1H3. The number of aromatic nitrogens is 7. The van der Waals surface area contributed by atoms with Crippen LogP contribution < -0.4 is 0 Å². The van der Waals surface area contributed by atoms with Crippen molar-refractivity contribution in [3.8, 4) is 22.6 Å². The first-order valence-electron chi connectivity index (χ1n) is 10.3. The second-order valence-corrected chi connectivity index (χ2v) is 9.01. The number of aryl methyl sites for hydroxylation is 3. The number of thiophene rings is 1. The minimum Gasteiger partial charge on any atom is -0.228 e. The molecule has 0 unspecified atom stereocenters. The van der Waals surface area contributed by atoms with E-state index in [4.69, 9.17) is 15.1 Å². The zero-order chi connectivity index (χ0) is 20.5. The molecule has 0 bridgehead atoms. The summed E-state index contributed by atoms with van der Waals surface area (Å²) >= 11 is 1.79. The van der Waals surface area contributed by atoms with Gasteiger partial charge in [-0.25, -0.2) is 24.0 Å². The Kier molecular flexibility index (Phi) is 3.40. The summed E-state index contributed by atoms with van der Waals surface area (Å²) in [6.45, 7) is 2.04. The topological polar surface area (TPSA) is 73.3 Å². The van der Waals surface area contributed by atoms with Gasteiger partial charge in [-0.1, -0.05) is 30.3 Å². The molecule has 0 saturated heterocycles. The van der Waals surface area contributed by atoms with Crippen LogP contribution in [0.25, 0.3) is 44.2 Å². The lowest BCUT2D eigenvalue weighted by Crippen LogP contribution is -1.98. The predicted octanol–water partition coefficient (Wildman–Crippen LogP) is 4.51. The summed E-state index contributed by atoms with van der Waals surface area (Å²) < 4.78 is 3.64. The summed E-state index contributed by atoms with van der Waals surface area (Å²) in [6, 6.07) is 12.2. The van der Waals surface area contributed by atoms with Crippen molar-refractivity contribution in [2.45, 2.75) is 26.2 Å². The van der Waals surface area contributed by atoms with E-state index in [0.29, 0.717) is 5.82 Å². The minimum atomic E-state index is 0.624. The van der Waals surface area contributed by atoms with E-state index in [1.807, 2.05) is 35.8 Å². The Hall–Kier alpha value is -3.65. The average Bonchev–Trinajstić information content (AvgIpc) is 3.55. The zero-order valence-corrected chi connectivity index (χ0v) is 17.6. The van der Waals surface area contributed by atoms with Crippen molar-refractivity contribution in [2.75, 3.05) is 0 Å². The molecule has 7 nitrogen and oxygen atoms in total. The average molecular weight is 424 g/mol. The van der Waals surface area contributed by atoms with E-state index in [-0.39, 0.29) is 0 Å². The molecule has 150 valence electrons. The Bertz CT molecular complexity index is 1620. The van der Waals surface area contributed by atoms with E-state index in [1.165, 1.54) is 16.9 Å². The van der Waals surface area contributed by atoms with Crippen LogP contribution in [-0.4, -0.2) is 34.2 Å². The molecule has 0 spiro atoms. The Morgan fingerprint density at radius 3 is 2.84 bits per heavy atom. The first kappa shape index (κ1) is 17.1. The van der Waals surface area contributed by atoms with Crippen molar-refractivity contribution in [3.63, 3.8) is 0 Å². The number of nitrogens with zero attached hydrogens (tertiary/aromatic N) is 7. The molecule has 0 amide bonds. The van der Waals surface area contributed by atoms with Gasteiger partial charge >= 0.3 is 0 Å². The minimum absolute atomic E-state index is 0.624. The lowest BCUT2D eigenvalue weighted by atomic mass is 10.1. The van der Waals surface area contributed by atoms with Gasteiger partial charge in [0.15, 0.2) is 17.1 Å². The molecule has 7 rings (SSSR count). The highest BCUT2D eigenvalue weighted by molar-refractivity contribution is 7.19. The molecule has 0 saturated carbocycles. The van der Waals surface area contributed by atoms with Gasteiger partial charge in [0.05, 0.1) is 22.8 Å². The third-order valence-corrected chi connectivity index (χ3v) is 7.20. The molecule has 5 heterocycles. The lowest BCUT2D eigenvalue weighted by Gasteiger charge is -2.05. The Balaban J connectivity index is 1.46. The third-order valence-electron chi connectivity index (χ3n) is 6.00. The molecule has 31 heavy (non-hydrogen) atoms. The fourth-order valence-electron chi connectivity index (χ4n) is 4.53. The molecule has 0 aliphatic heterocycles. The van der Waals surface area contributed by atoms with E-state index < -0.39 is 0 Å². The van der Waals surface area contributed by atoms with Crippen molar-refractivity contribution in [1.82, 2.24) is 34.2 Å². The summed E-state index contributed by atoms with van der Waals surface area (Å²) in [7, 11) is 0. The van der Waals surface area contributed by atoms with E-state index in [2.05, 4.69) is 28.3 Å².